The van der Waals surface area contributed by atoms with E-state index >= 15 is 0 Å². The second kappa shape index (κ2) is 5.21. The van der Waals surface area contributed by atoms with Crippen LogP contribution in [0.2, 0.25) is 0 Å². The van der Waals surface area contributed by atoms with Crippen molar-refractivity contribution in [3.05, 3.63) is 66.5 Å². The molecule has 0 fully saturated rings. The molecule has 3 nitrogen and oxygen atoms in total. The van der Waals surface area contributed by atoms with Crippen molar-refractivity contribution in [2.45, 2.75) is 13.8 Å². The molecule has 3 heterocycles. The van der Waals surface area contributed by atoms with Crippen LogP contribution in [0.1, 0.15) is 11.1 Å². The third-order valence-electron chi connectivity index (χ3n) is 3.15. The van der Waals surface area contributed by atoms with Crippen LogP contribution in [0.15, 0.2) is 55.4 Å². The maximum atomic E-state index is 4.34. The lowest BCUT2D eigenvalue weighted by Gasteiger charge is -2.06. The second-order valence-corrected chi connectivity index (χ2v) is 4.96. The van der Waals surface area contributed by atoms with E-state index in [4.69, 9.17) is 0 Å². The number of hydrogen-bond donors (Lipinski definition) is 0. The molecule has 0 unspecified atom stereocenters. The highest BCUT2D eigenvalue weighted by Crippen LogP contribution is 2.25. The molecule has 0 bridgehead atoms. The van der Waals surface area contributed by atoms with Crippen molar-refractivity contribution in [2.75, 3.05) is 0 Å². The van der Waals surface area contributed by atoms with Gasteiger partial charge in [0.2, 0.25) is 0 Å². The molecule has 3 rings (SSSR count). The van der Waals surface area contributed by atoms with Crippen molar-refractivity contribution in [1.82, 2.24) is 15.0 Å². The van der Waals surface area contributed by atoms with Crippen LogP contribution in [0.25, 0.3) is 22.3 Å². The number of aromatic nitrogens is 3. The third kappa shape index (κ3) is 2.57. The van der Waals surface area contributed by atoms with Gasteiger partial charge in [-0.25, -0.2) is 0 Å². The fourth-order valence-electron chi connectivity index (χ4n) is 2.18. The van der Waals surface area contributed by atoms with E-state index in [1.165, 1.54) is 0 Å². The highest BCUT2D eigenvalue weighted by Gasteiger charge is 2.04. The highest BCUT2D eigenvalue weighted by atomic mass is 14.7. The normalized spacial score (nSPS) is 10.5. The molecule has 0 saturated heterocycles. The van der Waals surface area contributed by atoms with Crippen molar-refractivity contribution in [3.8, 4) is 22.3 Å². The summed E-state index contributed by atoms with van der Waals surface area (Å²) >= 11 is 0. The van der Waals surface area contributed by atoms with Gasteiger partial charge in [-0.1, -0.05) is 0 Å². The summed E-state index contributed by atoms with van der Waals surface area (Å²) in [6, 6.07) is 6.35. The topological polar surface area (TPSA) is 38.7 Å². The van der Waals surface area contributed by atoms with Crippen LogP contribution in [0.5, 0.6) is 0 Å². The van der Waals surface area contributed by atoms with Gasteiger partial charge in [-0.2, -0.15) is 0 Å². The maximum absolute atomic E-state index is 4.34. The van der Waals surface area contributed by atoms with Gasteiger partial charge < -0.3 is 0 Å². The van der Waals surface area contributed by atoms with Gasteiger partial charge in [0.05, 0.1) is 0 Å². The molecule has 0 N–H and O–H groups in total. The molecular weight excluding hydrogens is 246 g/mol. The van der Waals surface area contributed by atoms with Crippen LogP contribution in [0, 0.1) is 13.8 Å². The van der Waals surface area contributed by atoms with E-state index in [2.05, 4.69) is 33.2 Å². The Hall–Kier alpha value is -2.55. The molecule has 0 aliphatic heterocycles. The Morgan fingerprint density at radius 3 is 1.25 bits per heavy atom. The fraction of sp³-hybridized carbons (Fsp3) is 0.118. The van der Waals surface area contributed by atoms with Gasteiger partial charge in [0.25, 0.3) is 0 Å². The van der Waals surface area contributed by atoms with Crippen molar-refractivity contribution in [3.63, 3.8) is 0 Å². The summed E-state index contributed by atoms with van der Waals surface area (Å²) in [6.07, 6.45) is 11.2. The molecule has 3 aromatic heterocycles. The number of aryl methyl sites for hydroxylation is 2. The molecule has 98 valence electrons. The van der Waals surface area contributed by atoms with Gasteiger partial charge in [0, 0.05) is 59.4 Å². The summed E-state index contributed by atoms with van der Waals surface area (Å²) < 4.78 is 0. The Labute approximate surface area is 118 Å². The van der Waals surface area contributed by atoms with Crippen molar-refractivity contribution in [2.24, 2.45) is 0 Å². The molecule has 0 aromatic carbocycles. The molecule has 0 amide bonds. The van der Waals surface area contributed by atoms with Crippen molar-refractivity contribution < 1.29 is 0 Å². The predicted molar refractivity (Wildman–Crippen MR) is 80.2 cm³/mol. The summed E-state index contributed by atoms with van der Waals surface area (Å²) in [5.41, 5.74) is 6.59. The minimum absolute atomic E-state index is 1.07. The SMILES string of the molecule is Cc1cncc(-c2cncc(-c3cncc(C)c3)c2)c1. The standard InChI is InChI=1S/C17H15N3/c1-12-3-14(8-18-6-12)16-5-17(11-20-10-16)15-4-13(2)7-19-9-15/h3-11H,1-2H3. The maximum Gasteiger partial charge on any atom is 0.0347 e. The second-order valence-electron chi connectivity index (χ2n) is 4.96. The Kier molecular flexibility index (Phi) is 3.25. The van der Waals surface area contributed by atoms with E-state index in [0.717, 1.165) is 33.4 Å². The molecule has 3 aromatic rings. The lowest BCUT2D eigenvalue weighted by molar-refractivity contribution is 1.25. The third-order valence-corrected chi connectivity index (χ3v) is 3.15. The quantitative estimate of drug-likeness (QED) is 0.704. The average Bonchev–Trinajstić information content (AvgIpc) is 2.47. The number of nitrogens with zero attached hydrogens (tertiary/aromatic N) is 3. The van der Waals surface area contributed by atoms with Gasteiger partial charge in [0.15, 0.2) is 0 Å². The van der Waals surface area contributed by atoms with Crippen LogP contribution < -0.4 is 0 Å². The molecule has 3 heteroatoms. The van der Waals surface area contributed by atoms with Crippen LogP contribution in [0.4, 0.5) is 0 Å². The Morgan fingerprint density at radius 2 is 0.850 bits per heavy atom. The molecule has 0 atom stereocenters. The number of pyridine rings is 3. The smallest absolute Gasteiger partial charge is 0.0347 e. The van der Waals surface area contributed by atoms with E-state index in [1.54, 1.807) is 0 Å². The summed E-state index contributed by atoms with van der Waals surface area (Å²) in [7, 11) is 0. The molecule has 0 saturated carbocycles. The van der Waals surface area contributed by atoms with E-state index in [0.29, 0.717) is 0 Å². The summed E-state index contributed by atoms with van der Waals surface area (Å²) in [6.45, 7) is 4.08. The van der Waals surface area contributed by atoms with Gasteiger partial charge in [-0.15, -0.1) is 0 Å². The van der Waals surface area contributed by atoms with E-state index < -0.39 is 0 Å². The van der Waals surface area contributed by atoms with Gasteiger partial charge in [-0.3, -0.25) is 15.0 Å². The van der Waals surface area contributed by atoms with Crippen LogP contribution in [0.3, 0.4) is 0 Å². The van der Waals surface area contributed by atoms with Crippen LogP contribution in [-0.2, 0) is 0 Å². The van der Waals surface area contributed by atoms with Gasteiger partial charge in [-0.05, 0) is 43.2 Å². The molecular formula is C17H15N3. The van der Waals surface area contributed by atoms with E-state index in [9.17, 15) is 0 Å². The van der Waals surface area contributed by atoms with Crippen LogP contribution >= 0.6 is 0 Å². The monoisotopic (exact) mass is 261 g/mol. The van der Waals surface area contributed by atoms with Crippen molar-refractivity contribution in [1.29, 1.82) is 0 Å². The molecule has 0 aliphatic carbocycles. The first-order valence-electron chi connectivity index (χ1n) is 6.51. The minimum atomic E-state index is 1.07. The molecule has 0 aliphatic rings. The zero-order valence-corrected chi connectivity index (χ0v) is 11.5. The van der Waals surface area contributed by atoms with Gasteiger partial charge in [0.1, 0.15) is 0 Å². The Morgan fingerprint density at radius 1 is 0.500 bits per heavy atom. The zero-order chi connectivity index (χ0) is 13.9. The first-order chi connectivity index (χ1) is 9.72. The largest absolute Gasteiger partial charge is 0.264 e. The van der Waals surface area contributed by atoms with E-state index in [-0.39, 0.29) is 0 Å². The average molecular weight is 261 g/mol. The van der Waals surface area contributed by atoms with Gasteiger partial charge >= 0.3 is 0 Å². The predicted octanol–water partition coefficient (Wildman–Crippen LogP) is 3.82. The minimum Gasteiger partial charge on any atom is -0.264 e. The first kappa shape index (κ1) is 12.5. The number of rotatable bonds is 2. The number of hydrogen-bond acceptors (Lipinski definition) is 3. The molecule has 0 radical (unpaired) electrons. The lowest BCUT2D eigenvalue weighted by atomic mass is 10.0. The summed E-state index contributed by atoms with van der Waals surface area (Å²) in [5, 5.41) is 0. The van der Waals surface area contributed by atoms with Crippen LogP contribution in [-0.4, -0.2) is 15.0 Å². The molecule has 20 heavy (non-hydrogen) atoms. The summed E-state index contributed by atoms with van der Waals surface area (Å²) in [5.74, 6) is 0. The highest BCUT2D eigenvalue weighted by molar-refractivity contribution is 5.71. The lowest BCUT2D eigenvalue weighted by Crippen LogP contribution is -1.87. The fourth-order valence-corrected chi connectivity index (χ4v) is 2.18. The Bertz CT molecular complexity index is 690. The molecule has 0 spiro atoms. The zero-order valence-electron chi connectivity index (χ0n) is 11.5. The summed E-state index contributed by atoms with van der Waals surface area (Å²) in [4.78, 5) is 12.8. The Balaban J connectivity index is 2.06. The van der Waals surface area contributed by atoms with Crippen molar-refractivity contribution >= 4 is 0 Å². The van der Waals surface area contributed by atoms with E-state index in [1.807, 2.05) is 51.0 Å². The first-order valence-corrected chi connectivity index (χ1v) is 6.51.